The van der Waals surface area contributed by atoms with Gasteiger partial charge in [-0.25, -0.2) is 4.98 Å². The predicted molar refractivity (Wildman–Crippen MR) is 78.9 cm³/mol. The SMILES string of the molecule is Brc1ccc2c(c1)CCC(NCc1cscn1)C2. The summed E-state index contributed by atoms with van der Waals surface area (Å²) in [6.07, 6.45) is 3.52. The molecule has 0 saturated heterocycles. The van der Waals surface area contributed by atoms with E-state index < -0.39 is 0 Å². The Kier molecular flexibility index (Phi) is 3.77. The first-order chi connectivity index (χ1) is 8.81. The van der Waals surface area contributed by atoms with Gasteiger partial charge < -0.3 is 5.32 Å². The number of halogens is 1. The molecule has 1 aliphatic rings. The molecule has 0 fully saturated rings. The van der Waals surface area contributed by atoms with Crippen molar-refractivity contribution >= 4 is 27.3 Å². The average Bonchev–Trinajstić information content (AvgIpc) is 2.89. The lowest BCUT2D eigenvalue weighted by Gasteiger charge is -2.25. The molecule has 1 N–H and O–H groups in total. The molecule has 3 rings (SSSR count). The van der Waals surface area contributed by atoms with E-state index in [0.29, 0.717) is 6.04 Å². The third-order valence-electron chi connectivity index (χ3n) is 3.45. The van der Waals surface area contributed by atoms with E-state index in [9.17, 15) is 0 Å². The summed E-state index contributed by atoms with van der Waals surface area (Å²) in [4.78, 5) is 4.31. The zero-order chi connectivity index (χ0) is 12.4. The van der Waals surface area contributed by atoms with Gasteiger partial charge in [0, 0.05) is 22.4 Å². The first-order valence-electron chi connectivity index (χ1n) is 6.19. The highest BCUT2D eigenvalue weighted by molar-refractivity contribution is 9.10. The lowest BCUT2D eigenvalue weighted by molar-refractivity contribution is 0.455. The number of hydrogen-bond donors (Lipinski definition) is 1. The number of benzene rings is 1. The molecule has 0 saturated carbocycles. The van der Waals surface area contributed by atoms with Crippen LogP contribution in [0.3, 0.4) is 0 Å². The minimum absolute atomic E-state index is 0.584. The lowest BCUT2D eigenvalue weighted by atomic mass is 9.88. The fourth-order valence-electron chi connectivity index (χ4n) is 2.47. The van der Waals surface area contributed by atoms with Gasteiger partial charge in [-0.2, -0.15) is 0 Å². The number of fused-ring (bicyclic) bond motifs is 1. The van der Waals surface area contributed by atoms with Gasteiger partial charge in [0.25, 0.3) is 0 Å². The third-order valence-corrected chi connectivity index (χ3v) is 4.58. The van der Waals surface area contributed by atoms with E-state index in [0.717, 1.165) is 18.7 Å². The van der Waals surface area contributed by atoms with Crippen molar-refractivity contribution in [3.8, 4) is 0 Å². The van der Waals surface area contributed by atoms with Crippen LogP contribution >= 0.6 is 27.3 Å². The summed E-state index contributed by atoms with van der Waals surface area (Å²) in [5.74, 6) is 0. The molecule has 1 aromatic carbocycles. The van der Waals surface area contributed by atoms with Crippen molar-refractivity contribution in [1.82, 2.24) is 10.3 Å². The Morgan fingerprint density at radius 1 is 1.39 bits per heavy atom. The quantitative estimate of drug-likeness (QED) is 0.934. The van der Waals surface area contributed by atoms with E-state index in [-0.39, 0.29) is 0 Å². The Balaban J connectivity index is 1.62. The minimum Gasteiger partial charge on any atom is -0.308 e. The largest absolute Gasteiger partial charge is 0.308 e. The van der Waals surface area contributed by atoms with Crippen LogP contribution in [0.2, 0.25) is 0 Å². The van der Waals surface area contributed by atoms with Gasteiger partial charge in [-0.05, 0) is 42.5 Å². The first kappa shape index (κ1) is 12.3. The van der Waals surface area contributed by atoms with Crippen LogP contribution in [0.1, 0.15) is 23.2 Å². The molecule has 0 radical (unpaired) electrons. The highest BCUT2D eigenvalue weighted by Gasteiger charge is 2.18. The number of thiazole rings is 1. The van der Waals surface area contributed by atoms with Gasteiger partial charge in [-0.15, -0.1) is 11.3 Å². The van der Waals surface area contributed by atoms with Crippen LogP contribution < -0.4 is 5.32 Å². The predicted octanol–water partition coefficient (Wildman–Crippen LogP) is 3.55. The highest BCUT2D eigenvalue weighted by atomic mass is 79.9. The van der Waals surface area contributed by atoms with Crippen molar-refractivity contribution < 1.29 is 0 Å². The normalized spacial score (nSPS) is 18.6. The maximum atomic E-state index is 4.31. The summed E-state index contributed by atoms with van der Waals surface area (Å²) in [6, 6.07) is 7.23. The molecular formula is C14H15BrN2S. The van der Waals surface area contributed by atoms with E-state index in [4.69, 9.17) is 0 Å². The smallest absolute Gasteiger partial charge is 0.0795 e. The van der Waals surface area contributed by atoms with Crippen LogP contribution in [0.5, 0.6) is 0 Å². The molecule has 1 aromatic heterocycles. The van der Waals surface area contributed by atoms with Gasteiger partial charge >= 0.3 is 0 Å². The Bertz CT molecular complexity index is 525. The van der Waals surface area contributed by atoms with Crippen molar-refractivity contribution in [2.45, 2.75) is 31.8 Å². The Morgan fingerprint density at radius 2 is 2.33 bits per heavy atom. The molecule has 2 nitrogen and oxygen atoms in total. The Hall–Kier alpha value is -0.710. The molecular weight excluding hydrogens is 308 g/mol. The summed E-state index contributed by atoms with van der Waals surface area (Å²) in [7, 11) is 0. The Labute approximate surface area is 120 Å². The summed E-state index contributed by atoms with van der Waals surface area (Å²) < 4.78 is 1.19. The molecule has 1 atom stereocenters. The number of aromatic nitrogens is 1. The van der Waals surface area contributed by atoms with Crippen LogP contribution in [-0.2, 0) is 19.4 Å². The molecule has 1 aliphatic carbocycles. The summed E-state index contributed by atoms with van der Waals surface area (Å²) in [5, 5.41) is 5.72. The van der Waals surface area contributed by atoms with E-state index in [1.54, 1.807) is 11.3 Å². The molecule has 18 heavy (non-hydrogen) atoms. The fourth-order valence-corrected chi connectivity index (χ4v) is 3.44. The number of nitrogens with one attached hydrogen (secondary N) is 1. The number of aryl methyl sites for hydroxylation is 1. The van der Waals surface area contributed by atoms with Crippen LogP contribution in [0.15, 0.2) is 33.6 Å². The van der Waals surface area contributed by atoms with Crippen molar-refractivity contribution in [1.29, 1.82) is 0 Å². The van der Waals surface area contributed by atoms with Crippen molar-refractivity contribution in [2.24, 2.45) is 0 Å². The van der Waals surface area contributed by atoms with Gasteiger partial charge in [0.1, 0.15) is 0 Å². The number of hydrogen-bond acceptors (Lipinski definition) is 3. The van der Waals surface area contributed by atoms with Crippen LogP contribution in [-0.4, -0.2) is 11.0 Å². The van der Waals surface area contributed by atoms with Gasteiger partial charge in [0.05, 0.1) is 11.2 Å². The van der Waals surface area contributed by atoms with Crippen molar-refractivity contribution in [3.05, 3.63) is 50.4 Å². The first-order valence-corrected chi connectivity index (χ1v) is 7.92. The topological polar surface area (TPSA) is 24.9 Å². The average molecular weight is 323 g/mol. The van der Waals surface area contributed by atoms with E-state index in [2.05, 4.69) is 49.8 Å². The van der Waals surface area contributed by atoms with Gasteiger partial charge in [-0.1, -0.05) is 22.0 Å². The molecule has 0 aliphatic heterocycles. The fraction of sp³-hybridized carbons (Fsp3) is 0.357. The van der Waals surface area contributed by atoms with Gasteiger partial charge in [-0.3, -0.25) is 0 Å². The minimum atomic E-state index is 0.584. The van der Waals surface area contributed by atoms with Crippen LogP contribution in [0.4, 0.5) is 0 Å². The Morgan fingerprint density at radius 3 is 3.17 bits per heavy atom. The molecule has 94 valence electrons. The molecule has 1 unspecified atom stereocenters. The monoisotopic (exact) mass is 322 g/mol. The zero-order valence-electron chi connectivity index (χ0n) is 10.0. The molecule has 0 spiro atoms. The number of rotatable bonds is 3. The van der Waals surface area contributed by atoms with E-state index >= 15 is 0 Å². The second-order valence-corrected chi connectivity index (χ2v) is 6.35. The maximum Gasteiger partial charge on any atom is 0.0795 e. The molecule has 4 heteroatoms. The molecule has 0 amide bonds. The molecule has 1 heterocycles. The lowest BCUT2D eigenvalue weighted by Crippen LogP contribution is -2.34. The highest BCUT2D eigenvalue weighted by Crippen LogP contribution is 2.24. The summed E-state index contributed by atoms with van der Waals surface area (Å²) in [6.45, 7) is 0.889. The standard InChI is InChI=1S/C14H15BrN2S/c15-12-3-1-11-6-13(4-2-10(11)5-12)16-7-14-8-18-9-17-14/h1,3,5,8-9,13,16H,2,4,6-7H2. The molecule has 0 bridgehead atoms. The van der Waals surface area contributed by atoms with E-state index in [1.807, 2.05) is 5.51 Å². The van der Waals surface area contributed by atoms with Gasteiger partial charge in [0.2, 0.25) is 0 Å². The van der Waals surface area contributed by atoms with Gasteiger partial charge in [0.15, 0.2) is 0 Å². The maximum absolute atomic E-state index is 4.31. The van der Waals surface area contributed by atoms with E-state index in [1.165, 1.54) is 28.4 Å². The van der Waals surface area contributed by atoms with Crippen molar-refractivity contribution in [3.63, 3.8) is 0 Å². The molecule has 2 aromatic rings. The van der Waals surface area contributed by atoms with Crippen molar-refractivity contribution in [2.75, 3.05) is 0 Å². The second kappa shape index (κ2) is 5.51. The third kappa shape index (κ3) is 2.82. The zero-order valence-corrected chi connectivity index (χ0v) is 12.4. The second-order valence-electron chi connectivity index (χ2n) is 4.71. The number of nitrogens with zero attached hydrogens (tertiary/aromatic N) is 1. The van der Waals surface area contributed by atoms with Crippen LogP contribution in [0, 0.1) is 0 Å². The summed E-state index contributed by atoms with van der Waals surface area (Å²) in [5.41, 5.74) is 6.03. The summed E-state index contributed by atoms with van der Waals surface area (Å²) >= 11 is 5.20. The van der Waals surface area contributed by atoms with Crippen LogP contribution in [0.25, 0.3) is 0 Å².